The van der Waals surface area contributed by atoms with E-state index in [0.717, 1.165) is 22.8 Å². The van der Waals surface area contributed by atoms with E-state index in [9.17, 15) is 31.1 Å². The first kappa shape index (κ1) is 23.5. The second kappa shape index (κ2) is 8.79. The van der Waals surface area contributed by atoms with Crippen molar-refractivity contribution in [1.29, 1.82) is 0 Å². The molecule has 0 fully saturated rings. The topological polar surface area (TPSA) is 68.2 Å². The van der Waals surface area contributed by atoms with Crippen molar-refractivity contribution in [3.05, 3.63) is 70.1 Å². The van der Waals surface area contributed by atoms with Gasteiger partial charge in [-0.25, -0.2) is 4.98 Å². The zero-order valence-electron chi connectivity index (χ0n) is 15.4. The average molecular weight is 499 g/mol. The van der Waals surface area contributed by atoms with E-state index < -0.39 is 29.8 Å². The van der Waals surface area contributed by atoms with Gasteiger partial charge in [-0.1, -0.05) is 23.2 Å². The minimum atomic E-state index is -4.90. The molecule has 2 N–H and O–H groups in total. The summed E-state index contributed by atoms with van der Waals surface area (Å²) >= 11 is 11.8. The van der Waals surface area contributed by atoms with Crippen molar-refractivity contribution < 1.29 is 35.9 Å². The van der Waals surface area contributed by atoms with Gasteiger partial charge >= 0.3 is 12.5 Å². The van der Waals surface area contributed by atoms with E-state index in [-0.39, 0.29) is 27.2 Å². The summed E-state index contributed by atoms with van der Waals surface area (Å²) in [5, 5.41) is -0.531. The molecule has 0 aliphatic carbocycles. The molecular formula is C18H10Cl2F6N4O2. The number of hydrogen-bond acceptors (Lipinski definition) is 4. The van der Waals surface area contributed by atoms with E-state index in [0.29, 0.717) is 12.3 Å². The van der Waals surface area contributed by atoms with Crippen LogP contribution < -0.4 is 15.6 Å². The first-order chi connectivity index (χ1) is 14.8. The molecule has 0 atom stereocenters. The Morgan fingerprint density at radius 3 is 2.34 bits per heavy atom. The standard InChI is InChI=1S/C18H10Cl2F6N4O2/c19-11-7-10(32-18(24,25)26)3-4-13(11)28-29-16(31)14-2-1-5-30(14)15-12(20)6-9(8-27-15)17(21,22)23/h1-8,28H,(H,29,31). The maximum atomic E-state index is 12.8. The number of amides is 1. The number of rotatable bonds is 5. The lowest BCUT2D eigenvalue weighted by molar-refractivity contribution is -0.274. The maximum absolute atomic E-state index is 12.8. The summed E-state index contributed by atoms with van der Waals surface area (Å²) in [6, 6.07) is 6.45. The molecule has 3 aromatic rings. The van der Waals surface area contributed by atoms with Crippen LogP contribution in [0, 0.1) is 0 Å². The van der Waals surface area contributed by atoms with Crippen molar-refractivity contribution in [2.75, 3.05) is 5.43 Å². The van der Waals surface area contributed by atoms with Gasteiger partial charge in [-0.15, -0.1) is 13.2 Å². The highest BCUT2D eigenvalue weighted by molar-refractivity contribution is 6.33. The third kappa shape index (κ3) is 5.56. The molecule has 0 radical (unpaired) electrons. The normalized spacial score (nSPS) is 11.9. The van der Waals surface area contributed by atoms with Crippen molar-refractivity contribution in [3.8, 4) is 11.6 Å². The van der Waals surface area contributed by atoms with Crippen molar-refractivity contribution >= 4 is 34.8 Å². The van der Waals surface area contributed by atoms with E-state index >= 15 is 0 Å². The highest BCUT2D eigenvalue weighted by Crippen LogP contribution is 2.32. The van der Waals surface area contributed by atoms with Crippen LogP contribution in [-0.2, 0) is 6.18 Å². The smallest absolute Gasteiger partial charge is 0.406 e. The Morgan fingerprint density at radius 2 is 1.75 bits per heavy atom. The molecule has 14 heteroatoms. The van der Waals surface area contributed by atoms with Gasteiger partial charge in [0.05, 0.1) is 21.3 Å². The minimum absolute atomic E-state index is 0.0540. The third-order valence-corrected chi connectivity index (χ3v) is 4.43. The lowest BCUT2D eigenvalue weighted by atomic mass is 10.2. The molecular weight excluding hydrogens is 489 g/mol. The molecule has 0 saturated heterocycles. The fourth-order valence-electron chi connectivity index (χ4n) is 2.50. The van der Waals surface area contributed by atoms with E-state index in [4.69, 9.17) is 23.2 Å². The number of ether oxygens (including phenoxy) is 1. The number of carbonyl (C=O) groups is 1. The summed E-state index contributed by atoms with van der Waals surface area (Å²) in [4.78, 5) is 16.2. The van der Waals surface area contributed by atoms with Gasteiger partial charge < -0.3 is 4.74 Å². The van der Waals surface area contributed by atoms with Gasteiger partial charge in [0.1, 0.15) is 11.4 Å². The number of benzene rings is 1. The molecule has 2 heterocycles. The summed E-state index contributed by atoms with van der Waals surface area (Å²) < 4.78 is 80.1. The summed E-state index contributed by atoms with van der Waals surface area (Å²) in [6.45, 7) is 0. The number of hydrogen-bond donors (Lipinski definition) is 2. The van der Waals surface area contributed by atoms with Crippen LogP contribution in [0.5, 0.6) is 5.75 Å². The van der Waals surface area contributed by atoms with Gasteiger partial charge in [0.15, 0.2) is 5.82 Å². The summed E-state index contributed by atoms with van der Waals surface area (Å²) in [5.41, 5.74) is 3.64. The first-order valence-electron chi connectivity index (χ1n) is 8.37. The largest absolute Gasteiger partial charge is 0.573 e. The van der Waals surface area contributed by atoms with E-state index in [2.05, 4.69) is 20.6 Å². The Bertz CT molecular complexity index is 1150. The van der Waals surface area contributed by atoms with Crippen molar-refractivity contribution in [2.24, 2.45) is 0 Å². The molecule has 0 bridgehead atoms. The van der Waals surface area contributed by atoms with Gasteiger partial charge in [0, 0.05) is 18.5 Å². The fraction of sp³-hybridized carbons (Fsp3) is 0.111. The summed E-state index contributed by atoms with van der Waals surface area (Å²) in [6.07, 6.45) is -7.61. The predicted molar refractivity (Wildman–Crippen MR) is 103 cm³/mol. The Kier molecular flexibility index (Phi) is 6.46. The molecule has 0 saturated carbocycles. The highest BCUT2D eigenvalue weighted by Gasteiger charge is 2.32. The number of pyridine rings is 1. The molecule has 0 aliphatic rings. The number of aromatic nitrogens is 2. The van der Waals surface area contributed by atoms with Crippen LogP contribution in [0.25, 0.3) is 5.82 Å². The van der Waals surface area contributed by atoms with Crippen LogP contribution in [0.4, 0.5) is 32.0 Å². The Balaban J connectivity index is 1.75. The van der Waals surface area contributed by atoms with Crippen LogP contribution in [0.3, 0.4) is 0 Å². The molecule has 1 aromatic carbocycles. The number of nitrogens with one attached hydrogen (secondary N) is 2. The van der Waals surface area contributed by atoms with Gasteiger partial charge in [-0.05, 0) is 30.3 Å². The van der Waals surface area contributed by atoms with E-state index in [1.165, 1.54) is 18.3 Å². The molecule has 2 aromatic heterocycles. The third-order valence-electron chi connectivity index (χ3n) is 3.84. The molecule has 0 aliphatic heterocycles. The van der Waals surface area contributed by atoms with Gasteiger partial charge in [0.25, 0.3) is 5.91 Å². The van der Waals surface area contributed by atoms with Gasteiger partial charge in [-0.2, -0.15) is 13.2 Å². The first-order valence-corrected chi connectivity index (χ1v) is 9.13. The zero-order valence-corrected chi connectivity index (χ0v) is 16.9. The fourth-order valence-corrected chi connectivity index (χ4v) is 2.97. The van der Waals surface area contributed by atoms with Crippen molar-refractivity contribution in [3.63, 3.8) is 0 Å². The second-order valence-electron chi connectivity index (χ2n) is 6.06. The molecule has 1 amide bonds. The monoisotopic (exact) mass is 498 g/mol. The summed E-state index contributed by atoms with van der Waals surface area (Å²) in [7, 11) is 0. The predicted octanol–water partition coefficient (Wildman–Crippen LogP) is 5.85. The molecule has 6 nitrogen and oxygen atoms in total. The van der Waals surface area contributed by atoms with Crippen LogP contribution in [-0.4, -0.2) is 21.8 Å². The van der Waals surface area contributed by atoms with Crippen LogP contribution in [0.15, 0.2) is 48.8 Å². The summed E-state index contributed by atoms with van der Waals surface area (Å²) in [5.74, 6) is -1.45. The quantitative estimate of drug-likeness (QED) is 0.342. The molecule has 0 unspecified atom stereocenters. The van der Waals surface area contributed by atoms with Gasteiger partial charge in [0.2, 0.25) is 0 Å². The molecule has 170 valence electrons. The van der Waals surface area contributed by atoms with Crippen molar-refractivity contribution in [1.82, 2.24) is 15.0 Å². The number of nitrogens with zero attached hydrogens (tertiary/aromatic N) is 2. The van der Waals surface area contributed by atoms with Crippen LogP contribution in [0.2, 0.25) is 10.0 Å². The average Bonchev–Trinajstić information content (AvgIpc) is 3.14. The number of anilines is 1. The molecule has 32 heavy (non-hydrogen) atoms. The van der Waals surface area contributed by atoms with E-state index in [1.807, 2.05) is 0 Å². The maximum Gasteiger partial charge on any atom is 0.573 e. The molecule has 0 spiro atoms. The number of carbonyl (C=O) groups excluding carboxylic acids is 1. The lowest BCUT2D eigenvalue weighted by Crippen LogP contribution is -2.31. The van der Waals surface area contributed by atoms with Crippen LogP contribution in [0.1, 0.15) is 16.1 Å². The molecule has 3 rings (SSSR count). The lowest BCUT2D eigenvalue weighted by Gasteiger charge is -2.14. The number of halogens is 8. The number of alkyl halides is 6. The SMILES string of the molecule is O=C(NNc1ccc(OC(F)(F)F)cc1Cl)c1cccn1-c1ncc(C(F)(F)F)cc1Cl. The zero-order chi connectivity index (χ0) is 23.7. The Labute approximate surface area is 185 Å². The van der Waals surface area contributed by atoms with Crippen LogP contribution >= 0.6 is 23.2 Å². The minimum Gasteiger partial charge on any atom is -0.406 e. The Hall–Kier alpha value is -3.12. The van der Waals surface area contributed by atoms with Crippen molar-refractivity contribution in [2.45, 2.75) is 12.5 Å². The number of hydrazine groups is 1. The second-order valence-corrected chi connectivity index (χ2v) is 6.87. The van der Waals surface area contributed by atoms with Gasteiger partial charge in [-0.3, -0.25) is 20.2 Å². The Morgan fingerprint density at radius 1 is 1.03 bits per heavy atom. The highest BCUT2D eigenvalue weighted by atomic mass is 35.5. The van der Waals surface area contributed by atoms with E-state index in [1.54, 1.807) is 0 Å².